The number of ether oxygens (including phenoxy) is 4. The maximum Gasteiger partial charge on any atom is 0.297 e. The summed E-state index contributed by atoms with van der Waals surface area (Å²) in [6.45, 7) is 7.89. The van der Waals surface area contributed by atoms with Gasteiger partial charge in [0, 0.05) is 24.9 Å². The van der Waals surface area contributed by atoms with Gasteiger partial charge in [0.15, 0.2) is 5.79 Å². The van der Waals surface area contributed by atoms with E-state index < -0.39 is 22.0 Å². The van der Waals surface area contributed by atoms with Crippen molar-refractivity contribution in [2.75, 3.05) is 26.4 Å². The van der Waals surface area contributed by atoms with Gasteiger partial charge in [-0.2, -0.15) is 8.42 Å². The van der Waals surface area contributed by atoms with Gasteiger partial charge in [-0.1, -0.05) is 31.5 Å². The van der Waals surface area contributed by atoms with Crippen molar-refractivity contribution in [3.63, 3.8) is 0 Å². The molecule has 2 aromatic carbocycles. The van der Waals surface area contributed by atoms with Gasteiger partial charge in [-0.05, 0) is 62.4 Å². The average Bonchev–Trinajstić information content (AvgIpc) is 3.60. The Morgan fingerprint density at radius 1 is 1.05 bits per heavy atom. The Balaban J connectivity index is 1.40. The third-order valence-electron chi connectivity index (χ3n) is 6.52. The van der Waals surface area contributed by atoms with Crippen molar-refractivity contribution in [1.29, 1.82) is 0 Å². The largest absolute Gasteiger partial charge is 0.493 e. The zero-order valence-corrected chi connectivity index (χ0v) is 24.4. The number of imidazole rings is 1. The zero-order chi connectivity index (χ0) is 28.4. The van der Waals surface area contributed by atoms with E-state index >= 15 is 0 Å². The minimum absolute atomic E-state index is 0.120. The Kier molecular flexibility index (Phi) is 10.6. The van der Waals surface area contributed by atoms with Crippen LogP contribution in [0.2, 0.25) is 0 Å². The number of benzene rings is 2. The van der Waals surface area contributed by atoms with E-state index in [4.69, 9.17) is 23.1 Å². The molecule has 10 heteroatoms. The molecule has 1 aliphatic rings. The SMILES string of the molecule is CCCOc1cc(CCC[C@@]2(Cn3ccnc3)OC[C@@H](COS(=O)(=O)c3ccc(C)cc3)O2)cc(OCCC)c1. The first-order valence-electron chi connectivity index (χ1n) is 13.9. The molecule has 2 atom stereocenters. The predicted molar refractivity (Wildman–Crippen MR) is 151 cm³/mol. The van der Waals surface area contributed by atoms with Crippen molar-refractivity contribution in [3.05, 3.63) is 72.3 Å². The highest BCUT2D eigenvalue weighted by Crippen LogP contribution is 2.33. The molecular weight excluding hydrogens is 532 g/mol. The monoisotopic (exact) mass is 572 g/mol. The second-order valence-corrected chi connectivity index (χ2v) is 11.7. The van der Waals surface area contributed by atoms with Crippen molar-refractivity contribution in [1.82, 2.24) is 9.55 Å². The summed E-state index contributed by atoms with van der Waals surface area (Å²) in [7, 11) is -3.90. The van der Waals surface area contributed by atoms with Crippen LogP contribution in [0.1, 0.15) is 50.7 Å². The minimum Gasteiger partial charge on any atom is -0.493 e. The quantitative estimate of drug-likeness (QED) is 0.213. The topological polar surface area (TPSA) is 98.1 Å². The van der Waals surface area contributed by atoms with E-state index in [1.165, 1.54) is 0 Å². The fourth-order valence-corrected chi connectivity index (χ4v) is 5.47. The van der Waals surface area contributed by atoms with Crippen LogP contribution in [0, 0.1) is 6.92 Å². The highest BCUT2D eigenvalue weighted by atomic mass is 32.2. The lowest BCUT2D eigenvalue weighted by molar-refractivity contribution is -0.185. The molecule has 1 saturated heterocycles. The highest BCUT2D eigenvalue weighted by molar-refractivity contribution is 7.86. The molecule has 1 aliphatic heterocycles. The number of aromatic nitrogens is 2. The zero-order valence-electron chi connectivity index (χ0n) is 23.6. The van der Waals surface area contributed by atoms with Crippen LogP contribution in [0.25, 0.3) is 0 Å². The first kappa shape index (κ1) is 30.0. The lowest BCUT2D eigenvalue weighted by atomic mass is 10.0. The molecular formula is C30H40N2O7S. The first-order chi connectivity index (χ1) is 19.3. The van der Waals surface area contributed by atoms with Crippen molar-refractivity contribution < 1.29 is 31.5 Å². The summed E-state index contributed by atoms with van der Waals surface area (Å²) in [6, 6.07) is 12.6. The summed E-state index contributed by atoms with van der Waals surface area (Å²) in [5.41, 5.74) is 2.08. The first-order valence-corrected chi connectivity index (χ1v) is 15.3. The average molecular weight is 573 g/mol. The Hall–Kier alpha value is -2.92. The molecule has 0 spiro atoms. The van der Waals surface area contributed by atoms with Crippen LogP contribution in [0.4, 0.5) is 0 Å². The molecule has 9 nitrogen and oxygen atoms in total. The third kappa shape index (κ3) is 8.54. The van der Waals surface area contributed by atoms with Crippen LogP contribution in [0.3, 0.4) is 0 Å². The molecule has 0 saturated carbocycles. The molecule has 4 rings (SSSR count). The van der Waals surface area contributed by atoms with Crippen molar-refractivity contribution >= 4 is 10.1 Å². The molecule has 0 aliphatic carbocycles. The number of hydrogen-bond acceptors (Lipinski definition) is 8. The van der Waals surface area contributed by atoms with Gasteiger partial charge in [0.05, 0.1) is 44.2 Å². The minimum atomic E-state index is -3.90. The lowest BCUT2D eigenvalue weighted by Gasteiger charge is -2.28. The van der Waals surface area contributed by atoms with Crippen LogP contribution in [-0.4, -0.2) is 56.3 Å². The molecule has 218 valence electrons. The van der Waals surface area contributed by atoms with E-state index in [1.54, 1.807) is 36.8 Å². The highest BCUT2D eigenvalue weighted by Gasteiger charge is 2.42. The van der Waals surface area contributed by atoms with E-state index in [9.17, 15) is 8.42 Å². The van der Waals surface area contributed by atoms with Crippen LogP contribution in [0.15, 0.2) is 66.1 Å². The van der Waals surface area contributed by atoms with Crippen LogP contribution in [-0.2, 0) is 36.7 Å². The van der Waals surface area contributed by atoms with Gasteiger partial charge in [-0.25, -0.2) is 4.98 Å². The van der Waals surface area contributed by atoms with Gasteiger partial charge in [0.25, 0.3) is 10.1 Å². The summed E-state index contributed by atoms with van der Waals surface area (Å²) in [6.07, 6.45) is 8.74. The van der Waals surface area contributed by atoms with E-state index in [2.05, 4.69) is 31.0 Å². The molecule has 0 radical (unpaired) electrons. The van der Waals surface area contributed by atoms with Crippen LogP contribution in [0.5, 0.6) is 11.5 Å². The molecule has 0 bridgehead atoms. The Morgan fingerprint density at radius 2 is 1.75 bits per heavy atom. The fourth-order valence-electron chi connectivity index (χ4n) is 4.53. The number of aryl methyl sites for hydroxylation is 2. The van der Waals surface area contributed by atoms with Gasteiger partial charge in [-0.3, -0.25) is 4.18 Å². The molecule has 3 aromatic rings. The lowest BCUT2D eigenvalue weighted by Crippen LogP contribution is -2.37. The second-order valence-electron chi connectivity index (χ2n) is 10.1. The van der Waals surface area contributed by atoms with E-state index in [-0.39, 0.29) is 18.1 Å². The molecule has 1 fully saturated rings. The number of nitrogens with zero attached hydrogens (tertiary/aromatic N) is 2. The van der Waals surface area contributed by atoms with Gasteiger partial charge in [0.1, 0.15) is 17.6 Å². The normalized spacial score (nSPS) is 19.1. The maximum absolute atomic E-state index is 12.7. The molecule has 40 heavy (non-hydrogen) atoms. The van der Waals surface area contributed by atoms with Crippen molar-refractivity contribution in [2.45, 2.75) is 76.2 Å². The van der Waals surface area contributed by atoms with Gasteiger partial charge in [-0.15, -0.1) is 0 Å². The predicted octanol–water partition coefficient (Wildman–Crippen LogP) is 5.31. The van der Waals surface area contributed by atoms with Gasteiger partial charge < -0.3 is 23.5 Å². The van der Waals surface area contributed by atoms with Crippen LogP contribution < -0.4 is 9.47 Å². The van der Waals surface area contributed by atoms with Crippen LogP contribution >= 0.6 is 0 Å². The maximum atomic E-state index is 12.7. The molecule has 0 N–H and O–H groups in total. The van der Waals surface area contributed by atoms with Crippen molar-refractivity contribution in [2.24, 2.45) is 0 Å². The Labute approximate surface area is 237 Å². The molecule has 2 heterocycles. The third-order valence-corrected chi connectivity index (χ3v) is 7.82. The smallest absolute Gasteiger partial charge is 0.297 e. The summed E-state index contributed by atoms with van der Waals surface area (Å²) in [5, 5.41) is 0. The summed E-state index contributed by atoms with van der Waals surface area (Å²) in [5.74, 6) is 0.679. The molecule has 1 aromatic heterocycles. The fraction of sp³-hybridized carbons (Fsp3) is 0.500. The number of rotatable bonds is 16. The Morgan fingerprint density at radius 3 is 2.38 bits per heavy atom. The molecule has 0 unspecified atom stereocenters. The Bertz CT molecular complexity index is 1270. The summed E-state index contributed by atoms with van der Waals surface area (Å²) < 4.78 is 57.0. The number of hydrogen-bond donors (Lipinski definition) is 0. The van der Waals surface area contributed by atoms with Gasteiger partial charge in [0.2, 0.25) is 0 Å². The van der Waals surface area contributed by atoms with E-state index in [1.807, 2.05) is 23.8 Å². The molecule has 0 amide bonds. The standard InChI is InChI=1S/C30H40N2O7S/c1-4-15-35-26-17-25(18-27(19-26)36-16-5-2)7-6-12-30(22-32-14-13-31-23-32)37-20-28(39-30)21-38-40(33,34)29-10-8-24(3)9-11-29/h8-11,13-14,17-19,23,28H,4-7,12,15-16,20-22H2,1-3H3/t28-,30+/m0/s1. The summed E-state index contributed by atoms with van der Waals surface area (Å²) in [4.78, 5) is 4.26. The van der Waals surface area contributed by atoms with E-state index in [0.29, 0.717) is 26.2 Å². The van der Waals surface area contributed by atoms with Gasteiger partial charge >= 0.3 is 0 Å². The summed E-state index contributed by atoms with van der Waals surface area (Å²) >= 11 is 0. The van der Waals surface area contributed by atoms with Crippen molar-refractivity contribution in [3.8, 4) is 11.5 Å². The second kappa shape index (κ2) is 14.1. The van der Waals surface area contributed by atoms with E-state index in [0.717, 1.165) is 48.3 Å².